The first-order valence-corrected chi connectivity index (χ1v) is 7.92. The molecule has 1 rings (SSSR count). The number of carbonyl (C=O) groups is 1. The summed E-state index contributed by atoms with van der Waals surface area (Å²) in [5.74, 6) is -0.0906. The monoisotopic (exact) mass is 325 g/mol. The van der Waals surface area contributed by atoms with Crippen LogP contribution in [0.4, 0.5) is 9.18 Å². The molecule has 0 aromatic heterocycles. The predicted molar refractivity (Wildman–Crippen MR) is 88.9 cm³/mol. The number of aliphatic hydroxyl groups is 1. The van der Waals surface area contributed by atoms with Crippen molar-refractivity contribution >= 4 is 6.09 Å². The van der Waals surface area contributed by atoms with Crippen LogP contribution in [0.15, 0.2) is 24.3 Å². The summed E-state index contributed by atoms with van der Waals surface area (Å²) < 4.78 is 18.8. The van der Waals surface area contributed by atoms with Crippen LogP contribution in [-0.2, 0) is 10.2 Å². The molecular formula is C18H28FNO3. The molecule has 1 unspecified atom stereocenters. The number of aliphatic hydroxyl groups excluding tert-OH is 1. The van der Waals surface area contributed by atoms with Crippen molar-refractivity contribution in [1.82, 2.24) is 5.32 Å². The number of alkyl carbamates (subject to hydrolysis) is 1. The summed E-state index contributed by atoms with van der Waals surface area (Å²) in [5, 5.41) is 12.7. The highest BCUT2D eigenvalue weighted by molar-refractivity contribution is 5.67. The molecule has 4 nitrogen and oxygen atoms in total. The molecule has 0 saturated carbocycles. The van der Waals surface area contributed by atoms with E-state index in [4.69, 9.17) is 4.74 Å². The van der Waals surface area contributed by atoms with Crippen molar-refractivity contribution in [2.75, 3.05) is 13.2 Å². The Hall–Kier alpha value is -1.62. The fraction of sp³-hybridized carbons (Fsp3) is 0.611. The van der Waals surface area contributed by atoms with E-state index in [0.717, 1.165) is 0 Å². The summed E-state index contributed by atoms with van der Waals surface area (Å²) in [6, 6.07) is 6.17. The van der Waals surface area contributed by atoms with E-state index in [1.165, 1.54) is 12.1 Å². The molecule has 1 amide bonds. The van der Waals surface area contributed by atoms with E-state index in [-0.39, 0.29) is 24.9 Å². The Bertz CT molecular complexity index is 525. The quantitative estimate of drug-likeness (QED) is 0.840. The third-order valence-corrected chi connectivity index (χ3v) is 3.51. The Morgan fingerprint density at radius 2 is 2.00 bits per heavy atom. The smallest absolute Gasteiger partial charge is 0.407 e. The van der Waals surface area contributed by atoms with Crippen LogP contribution in [0, 0.1) is 11.7 Å². The van der Waals surface area contributed by atoms with Gasteiger partial charge in [0.25, 0.3) is 0 Å². The van der Waals surface area contributed by atoms with Crippen LogP contribution in [0.2, 0.25) is 0 Å². The van der Waals surface area contributed by atoms with Gasteiger partial charge < -0.3 is 15.2 Å². The minimum atomic E-state index is -0.743. The van der Waals surface area contributed by atoms with Gasteiger partial charge in [0.1, 0.15) is 11.4 Å². The molecule has 0 heterocycles. The predicted octanol–water partition coefficient (Wildman–Crippen LogP) is 3.63. The number of rotatable bonds is 6. The lowest BCUT2D eigenvalue weighted by atomic mass is 9.75. The lowest BCUT2D eigenvalue weighted by Gasteiger charge is -2.34. The third-order valence-electron chi connectivity index (χ3n) is 3.51. The average molecular weight is 325 g/mol. The first-order valence-electron chi connectivity index (χ1n) is 7.92. The number of halogens is 1. The molecular weight excluding hydrogens is 297 g/mol. The van der Waals surface area contributed by atoms with E-state index in [0.29, 0.717) is 12.0 Å². The van der Waals surface area contributed by atoms with E-state index in [1.807, 2.05) is 13.8 Å². The lowest BCUT2D eigenvalue weighted by Crippen LogP contribution is -2.45. The van der Waals surface area contributed by atoms with Gasteiger partial charge in [0.15, 0.2) is 0 Å². The van der Waals surface area contributed by atoms with E-state index in [1.54, 1.807) is 32.9 Å². The Labute approximate surface area is 138 Å². The fourth-order valence-electron chi connectivity index (χ4n) is 2.66. The van der Waals surface area contributed by atoms with E-state index < -0.39 is 17.1 Å². The highest BCUT2D eigenvalue weighted by atomic mass is 19.1. The van der Waals surface area contributed by atoms with Crippen LogP contribution in [-0.4, -0.2) is 30.0 Å². The molecule has 23 heavy (non-hydrogen) atoms. The molecule has 0 spiro atoms. The molecule has 2 N–H and O–H groups in total. The van der Waals surface area contributed by atoms with E-state index >= 15 is 0 Å². The van der Waals surface area contributed by atoms with Gasteiger partial charge in [-0.05, 0) is 50.8 Å². The summed E-state index contributed by atoms with van der Waals surface area (Å²) in [7, 11) is 0. The van der Waals surface area contributed by atoms with Gasteiger partial charge in [0.2, 0.25) is 0 Å². The van der Waals surface area contributed by atoms with Crippen molar-refractivity contribution in [3.05, 3.63) is 35.6 Å². The van der Waals surface area contributed by atoms with Crippen LogP contribution < -0.4 is 5.32 Å². The van der Waals surface area contributed by atoms with Crippen LogP contribution in [0.3, 0.4) is 0 Å². The zero-order chi connectivity index (χ0) is 17.7. The molecule has 1 aromatic rings. The molecule has 0 bridgehead atoms. The van der Waals surface area contributed by atoms with Gasteiger partial charge in [-0.15, -0.1) is 0 Å². The number of amides is 1. The summed E-state index contributed by atoms with van der Waals surface area (Å²) in [6.45, 7) is 9.39. The number of carbonyl (C=O) groups excluding carboxylic acids is 1. The third kappa shape index (κ3) is 6.18. The zero-order valence-corrected chi connectivity index (χ0v) is 14.6. The molecule has 0 aliphatic heterocycles. The minimum Gasteiger partial charge on any atom is -0.444 e. The fourth-order valence-corrected chi connectivity index (χ4v) is 2.66. The second kappa shape index (κ2) is 7.77. The zero-order valence-electron chi connectivity index (χ0n) is 14.6. The minimum absolute atomic E-state index is 0.181. The van der Waals surface area contributed by atoms with E-state index in [9.17, 15) is 14.3 Å². The summed E-state index contributed by atoms with van der Waals surface area (Å²) in [6.07, 6.45) is 0.0680. The first-order chi connectivity index (χ1) is 10.6. The van der Waals surface area contributed by atoms with Gasteiger partial charge in [-0.2, -0.15) is 0 Å². The topological polar surface area (TPSA) is 58.6 Å². The van der Waals surface area contributed by atoms with E-state index in [2.05, 4.69) is 5.32 Å². The number of ether oxygens (including phenoxy) is 1. The molecule has 0 radical (unpaired) electrons. The Morgan fingerprint density at radius 1 is 1.35 bits per heavy atom. The highest BCUT2D eigenvalue weighted by Gasteiger charge is 2.34. The summed E-state index contributed by atoms with van der Waals surface area (Å²) in [5.41, 5.74) is -0.666. The molecule has 1 aromatic carbocycles. The lowest BCUT2D eigenvalue weighted by molar-refractivity contribution is 0.0496. The highest BCUT2D eigenvalue weighted by Crippen LogP contribution is 2.31. The largest absolute Gasteiger partial charge is 0.444 e. The van der Waals surface area contributed by atoms with Crippen molar-refractivity contribution in [1.29, 1.82) is 0 Å². The Balaban J connectivity index is 2.98. The second-order valence-corrected chi connectivity index (χ2v) is 7.40. The van der Waals surface area contributed by atoms with Gasteiger partial charge in [0, 0.05) is 12.0 Å². The van der Waals surface area contributed by atoms with Crippen molar-refractivity contribution in [2.24, 2.45) is 5.92 Å². The van der Waals surface area contributed by atoms with Gasteiger partial charge in [-0.25, -0.2) is 9.18 Å². The Morgan fingerprint density at radius 3 is 2.48 bits per heavy atom. The average Bonchev–Trinajstić information content (AvgIpc) is 2.41. The normalized spacial score (nSPS) is 14.4. The van der Waals surface area contributed by atoms with Gasteiger partial charge in [-0.3, -0.25) is 0 Å². The molecule has 1 atom stereocenters. The van der Waals surface area contributed by atoms with Crippen LogP contribution in [0.5, 0.6) is 0 Å². The van der Waals surface area contributed by atoms with Gasteiger partial charge in [0.05, 0.1) is 6.61 Å². The van der Waals surface area contributed by atoms with Crippen molar-refractivity contribution < 1.29 is 19.0 Å². The SMILES string of the molecule is CC(C)CC(CO)(CNC(=O)OC(C)(C)C)c1cccc(F)c1. The molecule has 130 valence electrons. The summed E-state index contributed by atoms with van der Waals surface area (Å²) >= 11 is 0. The molecule has 0 fully saturated rings. The van der Waals surface area contributed by atoms with Gasteiger partial charge in [-0.1, -0.05) is 26.0 Å². The number of hydrogen-bond donors (Lipinski definition) is 2. The maximum atomic E-state index is 13.6. The van der Waals surface area contributed by atoms with Crippen LogP contribution in [0.25, 0.3) is 0 Å². The molecule has 0 saturated heterocycles. The maximum Gasteiger partial charge on any atom is 0.407 e. The van der Waals surface area contributed by atoms with Crippen molar-refractivity contribution in [3.8, 4) is 0 Å². The van der Waals surface area contributed by atoms with Gasteiger partial charge >= 0.3 is 6.09 Å². The molecule has 0 aliphatic carbocycles. The maximum absolute atomic E-state index is 13.6. The number of benzene rings is 1. The summed E-state index contributed by atoms with van der Waals surface area (Å²) in [4.78, 5) is 11.9. The molecule has 5 heteroatoms. The molecule has 0 aliphatic rings. The van der Waals surface area contributed by atoms with Crippen LogP contribution in [0.1, 0.15) is 46.6 Å². The Kier molecular flexibility index (Phi) is 6.57. The van der Waals surface area contributed by atoms with Crippen LogP contribution >= 0.6 is 0 Å². The number of nitrogens with one attached hydrogen (secondary N) is 1. The van der Waals surface area contributed by atoms with Crippen molar-refractivity contribution in [3.63, 3.8) is 0 Å². The first kappa shape index (κ1) is 19.4. The number of hydrogen-bond acceptors (Lipinski definition) is 3. The second-order valence-electron chi connectivity index (χ2n) is 7.40. The standard InChI is InChI=1S/C18H28FNO3/c1-13(2)10-18(12-21,14-7-6-8-15(19)9-14)11-20-16(22)23-17(3,4)5/h6-9,13,21H,10-12H2,1-5H3,(H,20,22). The van der Waals surface area contributed by atoms with Crippen molar-refractivity contribution in [2.45, 2.75) is 52.1 Å².